The number of hydrogen-bond acceptors (Lipinski definition) is 4. The van der Waals surface area contributed by atoms with E-state index in [4.69, 9.17) is 5.26 Å². The van der Waals surface area contributed by atoms with Crippen molar-refractivity contribution in [2.75, 3.05) is 5.32 Å². The maximum Gasteiger partial charge on any atom is 0.261 e. The van der Waals surface area contributed by atoms with Crippen molar-refractivity contribution >= 4 is 22.6 Å². The van der Waals surface area contributed by atoms with E-state index in [2.05, 4.69) is 15.4 Å². The summed E-state index contributed by atoms with van der Waals surface area (Å²) in [4.78, 5) is 16.3. The molecule has 0 atom stereocenters. The Morgan fingerprint density at radius 1 is 1.35 bits per heavy atom. The summed E-state index contributed by atoms with van der Waals surface area (Å²) in [6.07, 6.45) is 2.94. The average Bonchev–Trinajstić information content (AvgIpc) is 2.89. The zero-order valence-corrected chi connectivity index (χ0v) is 11.8. The van der Waals surface area contributed by atoms with E-state index in [0.717, 1.165) is 12.1 Å². The van der Waals surface area contributed by atoms with Crippen molar-refractivity contribution in [3.8, 4) is 6.07 Å². The van der Waals surface area contributed by atoms with Crippen LogP contribution in [-0.4, -0.2) is 20.7 Å². The molecule has 6 nitrogen and oxygen atoms in total. The highest BCUT2D eigenvalue weighted by Crippen LogP contribution is 2.22. The summed E-state index contributed by atoms with van der Waals surface area (Å²) in [5, 5.41) is 15.7. The molecule has 2 heterocycles. The topological polar surface area (TPSA) is 83.6 Å². The molecule has 0 aliphatic carbocycles. The molecule has 3 aromatic rings. The van der Waals surface area contributed by atoms with E-state index in [1.54, 1.807) is 13.1 Å². The van der Waals surface area contributed by atoms with E-state index in [0.29, 0.717) is 16.7 Å². The van der Waals surface area contributed by atoms with Crippen LogP contribution in [0.3, 0.4) is 0 Å². The third-order valence-corrected chi connectivity index (χ3v) is 3.28. The van der Waals surface area contributed by atoms with Gasteiger partial charge in [0.15, 0.2) is 5.65 Å². The second-order valence-corrected chi connectivity index (χ2v) is 4.74. The number of nitriles is 1. The monoisotopic (exact) mass is 313 g/mol. The molecule has 0 aliphatic heterocycles. The fourth-order valence-corrected chi connectivity index (χ4v) is 2.19. The van der Waals surface area contributed by atoms with Crippen LogP contribution in [-0.2, 0) is 7.05 Å². The van der Waals surface area contributed by atoms with Crippen molar-refractivity contribution in [1.82, 2.24) is 14.8 Å². The molecule has 8 heteroatoms. The number of anilines is 1. The Bertz CT molecular complexity index is 951. The normalized spacial score (nSPS) is 10.5. The van der Waals surface area contributed by atoms with Gasteiger partial charge in [-0.1, -0.05) is 0 Å². The lowest BCUT2D eigenvalue weighted by Gasteiger charge is -2.08. The average molecular weight is 313 g/mol. The number of pyridine rings is 1. The van der Waals surface area contributed by atoms with Gasteiger partial charge in [-0.05, 0) is 18.2 Å². The number of carbonyl (C=O) groups is 1. The highest BCUT2D eigenvalue weighted by atomic mass is 19.1. The molecule has 23 heavy (non-hydrogen) atoms. The van der Waals surface area contributed by atoms with Gasteiger partial charge >= 0.3 is 0 Å². The lowest BCUT2D eigenvalue weighted by Crippen LogP contribution is -2.16. The van der Waals surface area contributed by atoms with E-state index < -0.39 is 23.1 Å². The molecule has 0 saturated carbocycles. The molecule has 0 spiro atoms. The van der Waals surface area contributed by atoms with Gasteiger partial charge in [-0.15, -0.1) is 0 Å². The van der Waals surface area contributed by atoms with Crippen LogP contribution >= 0.6 is 0 Å². The minimum atomic E-state index is -1.10. The van der Waals surface area contributed by atoms with Gasteiger partial charge in [0.1, 0.15) is 17.2 Å². The highest BCUT2D eigenvalue weighted by Gasteiger charge is 2.20. The summed E-state index contributed by atoms with van der Waals surface area (Å²) in [6, 6.07) is 4.74. The maximum absolute atomic E-state index is 13.9. The van der Waals surface area contributed by atoms with Crippen molar-refractivity contribution in [2.24, 2.45) is 7.05 Å². The predicted molar refractivity (Wildman–Crippen MR) is 77.5 cm³/mol. The molecular weight excluding hydrogens is 304 g/mol. The van der Waals surface area contributed by atoms with E-state index in [-0.39, 0.29) is 5.56 Å². The molecule has 1 aromatic carbocycles. The number of carbonyl (C=O) groups excluding carboxylic acids is 1. The van der Waals surface area contributed by atoms with Gasteiger partial charge in [0.05, 0.1) is 28.9 Å². The largest absolute Gasteiger partial charge is 0.321 e. The molecule has 114 valence electrons. The fourth-order valence-electron chi connectivity index (χ4n) is 2.19. The van der Waals surface area contributed by atoms with Gasteiger partial charge in [0.2, 0.25) is 0 Å². The number of aromatic nitrogens is 3. The van der Waals surface area contributed by atoms with Crippen molar-refractivity contribution in [1.29, 1.82) is 5.26 Å². The van der Waals surface area contributed by atoms with E-state index in [9.17, 15) is 13.6 Å². The van der Waals surface area contributed by atoms with Gasteiger partial charge in [0, 0.05) is 13.2 Å². The number of amides is 1. The fraction of sp³-hybridized carbons (Fsp3) is 0.0667. The van der Waals surface area contributed by atoms with Crippen LogP contribution in [0.1, 0.15) is 15.9 Å². The van der Waals surface area contributed by atoms with Crippen molar-refractivity contribution < 1.29 is 13.6 Å². The Hall–Kier alpha value is -3.34. The summed E-state index contributed by atoms with van der Waals surface area (Å²) in [5.74, 6) is -3.16. The van der Waals surface area contributed by atoms with Gasteiger partial charge in [-0.25, -0.2) is 13.8 Å². The Morgan fingerprint density at radius 2 is 2.04 bits per heavy atom. The SMILES string of the molecule is Cn1ncc2c(NC(=O)c3c(F)cc(C#N)cc3F)ccnc21. The maximum atomic E-state index is 13.9. The van der Waals surface area contributed by atoms with Gasteiger partial charge < -0.3 is 5.32 Å². The smallest absolute Gasteiger partial charge is 0.261 e. The molecule has 0 unspecified atom stereocenters. The van der Waals surface area contributed by atoms with Crippen LogP contribution in [0, 0.1) is 23.0 Å². The number of hydrogen-bond donors (Lipinski definition) is 1. The van der Waals surface area contributed by atoms with Crippen LogP contribution in [0.4, 0.5) is 14.5 Å². The van der Waals surface area contributed by atoms with Crippen LogP contribution in [0.15, 0.2) is 30.6 Å². The highest BCUT2D eigenvalue weighted by molar-refractivity contribution is 6.08. The third kappa shape index (κ3) is 2.48. The molecule has 1 N–H and O–H groups in total. The molecule has 0 bridgehead atoms. The lowest BCUT2D eigenvalue weighted by atomic mass is 10.1. The first-order valence-corrected chi connectivity index (χ1v) is 6.48. The molecule has 3 rings (SSSR count). The van der Waals surface area contributed by atoms with Crippen LogP contribution in [0.25, 0.3) is 11.0 Å². The minimum absolute atomic E-state index is 0.199. The van der Waals surface area contributed by atoms with Crippen LogP contribution in [0.2, 0.25) is 0 Å². The summed E-state index contributed by atoms with van der Waals surface area (Å²) in [7, 11) is 1.68. The predicted octanol–water partition coefficient (Wildman–Crippen LogP) is 2.37. The quantitative estimate of drug-likeness (QED) is 0.787. The van der Waals surface area contributed by atoms with Crippen LogP contribution in [0.5, 0.6) is 0 Å². The second-order valence-electron chi connectivity index (χ2n) is 4.74. The number of nitrogens with zero attached hydrogens (tertiary/aromatic N) is 4. The Balaban J connectivity index is 2.00. The lowest BCUT2D eigenvalue weighted by molar-refractivity contribution is 0.101. The van der Waals surface area contributed by atoms with E-state index in [1.165, 1.54) is 23.1 Å². The first-order valence-electron chi connectivity index (χ1n) is 6.48. The molecule has 2 aromatic heterocycles. The molecule has 0 fully saturated rings. The molecule has 0 aliphatic rings. The summed E-state index contributed by atoms with van der Waals surface area (Å²) in [5.41, 5.74) is -0.104. The first kappa shape index (κ1) is 14.6. The first-order chi connectivity index (χ1) is 11.0. The summed E-state index contributed by atoms with van der Waals surface area (Å²) < 4.78 is 29.3. The number of rotatable bonds is 2. The molecule has 0 saturated heterocycles. The number of fused-ring (bicyclic) bond motifs is 1. The van der Waals surface area contributed by atoms with Gasteiger partial charge in [0.25, 0.3) is 5.91 Å². The molecule has 0 radical (unpaired) electrons. The Labute approximate surface area is 129 Å². The molecule has 1 amide bonds. The van der Waals surface area contributed by atoms with E-state index in [1.807, 2.05) is 0 Å². The number of nitrogens with one attached hydrogen (secondary N) is 1. The van der Waals surface area contributed by atoms with Gasteiger partial charge in [-0.3, -0.25) is 9.48 Å². The zero-order valence-electron chi connectivity index (χ0n) is 11.8. The molecular formula is C15H9F2N5O. The number of aryl methyl sites for hydroxylation is 1. The Kier molecular flexibility index (Phi) is 3.46. The van der Waals surface area contributed by atoms with Crippen molar-refractivity contribution in [3.05, 3.63) is 53.4 Å². The standard InChI is InChI=1S/C15H9F2N5O/c1-22-14-9(7-20-22)12(2-3-19-14)21-15(23)13-10(16)4-8(6-18)5-11(13)17/h2-5,7H,1H3,(H,19,21,23). The van der Waals surface area contributed by atoms with Crippen molar-refractivity contribution in [2.45, 2.75) is 0 Å². The summed E-state index contributed by atoms with van der Waals surface area (Å²) in [6.45, 7) is 0. The van der Waals surface area contributed by atoms with Crippen LogP contribution < -0.4 is 5.32 Å². The summed E-state index contributed by atoms with van der Waals surface area (Å²) >= 11 is 0. The second kappa shape index (κ2) is 5.46. The Morgan fingerprint density at radius 3 is 2.70 bits per heavy atom. The minimum Gasteiger partial charge on any atom is -0.321 e. The van der Waals surface area contributed by atoms with Crippen molar-refractivity contribution in [3.63, 3.8) is 0 Å². The number of benzene rings is 1. The zero-order chi connectivity index (χ0) is 16.6. The van der Waals surface area contributed by atoms with Gasteiger partial charge in [-0.2, -0.15) is 10.4 Å². The number of halogens is 2. The third-order valence-electron chi connectivity index (χ3n) is 3.28. The van der Waals surface area contributed by atoms with E-state index >= 15 is 0 Å².